The molecule has 1 aliphatic heterocycles. The van der Waals surface area contributed by atoms with Gasteiger partial charge in [-0.3, -0.25) is 4.79 Å². The molecule has 0 bridgehead atoms. The van der Waals surface area contributed by atoms with Crippen molar-refractivity contribution in [3.63, 3.8) is 0 Å². The summed E-state index contributed by atoms with van der Waals surface area (Å²) in [4.78, 5) is 14.0. The summed E-state index contributed by atoms with van der Waals surface area (Å²) in [5, 5.41) is 0. The smallest absolute Gasteiger partial charge is 0.248 e. The number of carbonyl (C=O) groups excluding carboxylic acids is 1. The molecule has 0 aliphatic carbocycles. The molecule has 0 aromatic rings. The maximum Gasteiger partial charge on any atom is 0.248 e. The number of nitrogens with zero attached hydrogens (tertiary/aromatic N) is 1. The Kier molecular flexibility index (Phi) is 6.46. The van der Waals surface area contributed by atoms with E-state index in [1.807, 2.05) is 4.90 Å². The van der Waals surface area contributed by atoms with Crippen LogP contribution in [-0.4, -0.2) is 36.6 Å². The van der Waals surface area contributed by atoms with Crippen LogP contribution in [0.25, 0.3) is 0 Å². The quantitative estimate of drug-likeness (QED) is 0.653. The van der Waals surface area contributed by atoms with E-state index in [9.17, 15) is 4.79 Å². The molecule has 1 unspecified atom stereocenters. The summed E-state index contributed by atoms with van der Waals surface area (Å²) < 4.78 is 5.33. The summed E-state index contributed by atoms with van der Waals surface area (Å²) in [5.41, 5.74) is 0. The highest BCUT2D eigenvalue weighted by atomic mass is 16.5. The van der Waals surface area contributed by atoms with E-state index in [1.54, 1.807) is 0 Å². The van der Waals surface area contributed by atoms with Crippen LogP contribution >= 0.6 is 0 Å². The highest BCUT2D eigenvalue weighted by Gasteiger charge is 2.25. The molecule has 16 heavy (non-hydrogen) atoms. The normalized spacial score (nSPS) is 21.1. The number of hydrogen-bond acceptors (Lipinski definition) is 2. The Morgan fingerprint density at radius 3 is 2.81 bits per heavy atom. The molecule has 3 nitrogen and oxygen atoms in total. The molecule has 1 saturated heterocycles. The fourth-order valence-electron chi connectivity index (χ4n) is 2.35. The highest BCUT2D eigenvalue weighted by molar-refractivity contribution is 5.77. The van der Waals surface area contributed by atoms with Gasteiger partial charge in [-0.2, -0.15) is 0 Å². The molecular weight excluding hydrogens is 202 g/mol. The largest absolute Gasteiger partial charge is 0.372 e. The van der Waals surface area contributed by atoms with Gasteiger partial charge in [-0.15, -0.1) is 0 Å². The second-order valence-corrected chi connectivity index (χ2v) is 4.58. The van der Waals surface area contributed by atoms with Crippen LogP contribution in [0.4, 0.5) is 0 Å². The van der Waals surface area contributed by atoms with Gasteiger partial charge in [0.1, 0.15) is 6.61 Å². The van der Waals surface area contributed by atoms with Crippen LogP contribution in [0.1, 0.15) is 52.4 Å². The van der Waals surface area contributed by atoms with E-state index < -0.39 is 0 Å². The summed E-state index contributed by atoms with van der Waals surface area (Å²) >= 11 is 0. The SMILES string of the molecule is CCCOCC(=O)N1CCCCC1CCC. The van der Waals surface area contributed by atoms with Gasteiger partial charge in [0, 0.05) is 19.2 Å². The third kappa shape index (κ3) is 4.12. The first-order valence-corrected chi connectivity index (χ1v) is 6.66. The lowest BCUT2D eigenvalue weighted by molar-refractivity contribution is -0.140. The van der Waals surface area contributed by atoms with E-state index in [2.05, 4.69) is 13.8 Å². The standard InChI is InChI=1S/C13H25NO2/c1-3-7-12-8-5-6-9-14(12)13(15)11-16-10-4-2/h12H,3-11H2,1-2H3. The topological polar surface area (TPSA) is 29.5 Å². The zero-order chi connectivity index (χ0) is 11.8. The molecule has 3 heteroatoms. The Morgan fingerprint density at radius 1 is 1.31 bits per heavy atom. The molecule has 1 atom stereocenters. The zero-order valence-corrected chi connectivity index (χ0v) is 10.7. The van der Waals surface area contributed by atoms with Gasteiger partial charge < -0.3 is 9.64 Å². The lowest BCUT2D eigenvalue weighted by Gasteiger charge is -2.35. The van der Waals surface area contributed by atoms with Gasteiger partial charge in [-0.25, -0.2) is 0 Å². The summed E-state index contributed by atoms with van der Waals surface area (Å²) in [6, 6.07) is 0.469. The predicted octanol–water partition coefficient (Wildman–Crippen LogP) is 2.59. The van der Waals surface area contributed by atoms with Gasteiger partial charge in [0.2, 0.25) is 5.91 Å². The molecule has 1 rings (SSSR count). The van der Waals surface area contributed by atoms with Crippen LogP contribution in [0.2, 0.25) is 0 Å². The van der Waals surface area contributed by atoms with Gasteiger partial charge in [0.15, 0.2) is 0 Å². The van der Waals surface area contributed by atoms with Crippen LogP contribution in [0.5, 0.6) is 0 Å². The fourth-order valence-corrected chi connectivity index (χ4v) is 2.35. The average molecular weight is 227 g/mol. The summed E-state index contributed by atoms with van der Waals surface area (Å²) in [6.45, 7) is 6.14. The van der Waals surface area contributed by atoms with Crippen molar-refractivity contribution < 1.29 is 9.53 Å². The van der Waals surface area contributed by atoms with Crippen molar-refractivity contribution in [2.24, 2.45) is 0 Å². The molecule has 1 aliphatic rings. The second-order valence-electron chi connectivity index (χ2n) is 4.58. The first kappa shape index (κ1) is 13.5. The van der Waals surface area contributed by atoms with Crippen molar-refractivity contribution in [3.05, 3.63) is 0 Å². The Labute approximate surface area is 99.1 Å². The van der Waals surface area contributed by atoms with Gasteiger partial charge in [0.05, 0.1) is 0 Å². The number of rotatable bonds is 6. The molecule has 0 aromatic carbocycles. The molecule has 0 aromatic heterocycles. The van der Waals surface area contributed by atoms with E-state index in [4.69, 9.17) is 4.74 Å². The first-order valence-electron chi connectivity index (χ1n) is 6.66. The lowest BCUT2D eigenvalue weighted by Crippen LogP contribution is -2.45. The number of likely N-dealkylation sites (tertiary alicyclic amines) is 1. The van der Waals surface area contributed by atoms with Crippen LogP contribution in [-0.2, 0) is 9.53 Å². The number of ether oxygens (including phenoxy) is 1. The molecule has 0 radical (unpaired) electrons. The van der Waals surface area contributed by atoms with Crippen molar-refractivity contribution in [3.8, 4) is 0 Å². The zero-order valence-electron chi connectivity index (χ0n) is 10.7. The third-order valence-corrected chi connectivity index (χ3v) is 3.14. The van der Waals surface area contributed by atoms with E-state index in [0.717, 1.165) is 32.2 Å². The molecule has 1 amide bonds. The Bertz CT molecular complexity index is 204. The van der Waals surface area contributed by atoms with Crippen molar-refractivity contribution >= 4 is 5.91 Å². The first-order chi connectivity index (χ1) is 7.79. The number of piperidine rings is 1. The Balaban J connectivity index is 2.37. The van der Waals surface area contributed by atoms with Crippen LogP contribution < -0.4 is 0 Å². The number of hydrogen-bond donors (Lipinski definition) is 0. The van der Waals surface area contributed by atoms with Gasteiger partial charge in [-0.1, -0.05) is 20.3 Å². The fraction of sp³-hybridized carbons (Fsp3) is 0.923. The van der Waals surface area contributed by atoms with Crippen molar-refractivity contribution in [1.29, 1.82) is 0 Å². The van der Waals surface area contributed by atoms with Crippen LogP contribution in [0.3, 0.4) is 0 Å². The van der Waals surface area contributed by atoms with Crippen LogP contribution in [0, 0.1) is 0 Å². The Hall–Kier alpha value is -0.570. The molecule has 0 saturated carbocycles. The molecular formula is C13H25NO2. The summed E-state index contributed by atoms with van der Waals surface area (Å²) in [6.07, 6.45) is 6.87. The van der Waals surface area contributed by atoms with Gasteiger partial charge >= 0.3 is 0 Å². The van der Waals surface area contributed by atoms with E-state index in [-0.39, 0.29) is 12.5 Å². The van der Waals surface area contributed by atoms with E-state index >= 15 is 0 Å². The monoisotopic (exact) mass is 227 g/mol. The van der Waals surface area contributed by atoms with Crippen LogP contribution in [0.15, 0.2) is 0 Å². The van der Waals surface area contributed by atoms with Gasteiger partial charge in [0.25, 0.3) is 0 Å². The number of amides is 1. The van der Waals surface area contributed by atoms with Crippen molar-refractivity contribution in [2.75, 3.05) is 19.8 Å². The summed E-state index contributed by atoms with van der Waals surface area (Å²) in [5.74, 6) is 0.187. The van der Waals surface area contributed by atoms with Gasteiger partial charge in [-0.05, 0) is 32.1 Å². The molecule has 1 heterocycles. The Morgan fingerprint density at radius 2 is 2.12 bits per heavy atom. The van der Waals surface area contributed by atoms with E-state index in [0.29, 0.717) is 12.6 Å². The molecule has 94 valence electrons. The summed E-state index contributed by atoms with van der Waals surface area (Å²) in [7, 11) is 0. The minimum absolute atomic E-state index is 0.187. The van der Waals surface area contributed by atoms with Crippen molar-refractivity contribution in [1.82, 2.24) is 4.90 Å². The highest BCUT2D eigenvalue weighted by Crippen LogP contribution is 2.20. The molecule has 0 spiro atoms. The predicted molar refractivity (Wildman–Crippen MR) is 65.4 cm³/mol. The molecule has 0 N–H and O–H groups in total. The second kappa shape index (κ2) is 7.66. The average Bonchev–Trinajstić information content (AvgIpc) is 2.30. The van der Waals surface area contributed by atoms with E-state index in [1.165, 1.54) is 12.8 Å². The van der Waals surface area contributed by atoms with Crippen molar-refractivity contribution in [2.45, 2.75) is 58.4 Å². The minimum Gasteiger partial charge on any atom is -0.372 e. The lowest BCUT2D eigenvalue weighted by atomic mass is 9.98. The number of carbonyl (C=O) groups is 1. The maximum absolute atomic E-state index is 12.0. The maximum atomic E-state index is 12.0. The third-order valence-electron chi connectivity index (χ3n) is 3.14. The minimum atomic E-state index is 0.187. The molecule has 1 fully saturated rings.